The Balaban J connectivity index is 3.38. The number of hydrogen-bond acceptors (Lipinski definition) is 1. The molecule has 2 nitrogen and oxygen atoms in total. The molecule has 0 aliphatic carbocycles. The van der Waals surface area contributed by atoms with Gasteiger partial charge in [0.05, 0.1) is 10.6 Å². The zero-order valence-corrected chi connectivity index (χ0v) is 7.09. The van der Waals surface area contributed by atoms with E-state index in [4.69, 9.17) is 23.2 Å². The second kappa shape index (κ2) is 3.41. The van der Waals surface area contributed by atoms with Crippen molar-refractivity contribution in [2.45, 2.75) is 6.43 Å². The molecule has 0 aliphatic heterocycles. The van der Waals surface area contributed by atoms with E-state index in [9.17, 15) is 13.6 Å². The summed E-state index contributed by atoms with van der Waals surface area (Å²) in [7, 11) is 0. The van der Waals surface area contributed by atoms with Gasteiger partial charge in [-0.1, -0.05) is 23.2 Å². The molecule has 0 aliphatic rings. The summed E-state index contributed by atoms with van der Waals surface area (Å²) >= 11 is 10.7. The van der Waals surface area contributed by atoms with Crippen molar-refractivity contribution in [1.82, 2.24) is 4.98 Å². The van der Waals surface area contributed by atoms with E-state index in [0.717, 1.165) is 6.07 Å². The Bertz CT molecular complexity index is 324. The zero-order valence-electron chi connectivity index (χ0n) is 5.57. The SMILES string of the molecule is O=c1cc(Cl)c(C(F)F)c(Cl)[nH]1. The molecule has 0 spiro atoms. The molecule has 0 aromatic carbocycles. The summed E-state index contributed by atoms with van der Waals surface area (Å²) in [4.78, 5) is 12.6. The molecule has 1 N–H and O–H groups in total. The fourth-order valence-electron chi connectivity index (χ4n) is 0.709. The predicted molar refractivity (Wildman–Crippen MR) is 42.0 cm³/mol. The Morgan fingerprint density at radius 2 is 2.00 bits per heavy atom. The van der Waals surface area contributed by atoms with Crippen molar-refractivity contribution in [3.63, 3.8) is 0 Å². The van der Waals surface area contributed by atoms with Crippen LogP contribution in [0.4, 0.5) is 8.78 Å². The number of aromatic nitrogens is 1. The minimum atomic E-state index is -2.79. The van der Waals surface area contributed by atoms with Crippen LogP contribution in [0.5, 0.6) is 0 Å². The minimum Gasteiger partial charge on any atom is -0.312 e. The molecular weight excluding hydrogens is 211 g/mol. The number of alkyl halides is 2. The molecule has 1 aromatic heterocycles. The number of H-pyrrole nitrogens is 1. The summed E-state index contributed by atoms with van der Waals surface area (Å²) in [5.41, 5.74) is -1.15. The summed E-state index contributed by atoms with van der Waals surface area (Å²) in [5.74, 6) is 0. The fraction of sp³-hybridized carbons (Fsp3) is 0.167. The predicted octanol–water partition coefficient (Wildman–Crippen LogP) is 2.62. The van der Waals surface area contributed by atoms with E-state index >= 15 is 0 Å². The molecule has 12 heavy (non-hydrogen) atoms. The van der Waals surface area contributed by atoms with Gasteiger partial charge >= 0.3 is 0 Å². The summed E-state index contributed by atoms with van der Waals surface area (Å²) < 4.78 is 24.3. The first kappa shape index (κ1) is 9.48. The Morgan fingerprint density at radius 1 is 1.42 bits per heavy atom. The van der Waals surface area contributed by atoms with Gasteiger partial charge in [0.1, 0.15) is 5.15 Å². The van der Waals surface area contributed by atoms with Crippen LogP contribution in [0.25, 0.3) is 0 Å². The van der Waals surface area contributed by atoms with Gasteiger partial charge in [0, 0.05) is 6.07 Å². The van der Waals surface area contributed by atoms with Gasteiger partial charge in [-0.2, -0.15) is 0 Å². The number of rotatable bonds is 1. The third kappa shape index (κ3) is 1.76. The lowest BCUT2D eigenvalue weighted by Gasteiger charge is -2.03. The van der Waals surface area contributed by atoms with Gasteiger partial charge < -0.3 is 4.98 Å². The number of aromatic amines is 1. The van der Waals surface area contributed by atoms with Gasteiger partial charge in [0.2, 0.25) is 0 Å². The Morgan fingerprint density at radius 3 is 2.42 bits per heavy atom. The minimum absolute atomic E-state index is 0.321. The van der Waals surface area contributed by atoms with Crippen LogP contribution in [0.3, 0.4) is 0 Å². The summed E-state index contributed by atoms with van der Waals surface area (Å²) in [6.45, 7) is 0. The van der Waals surface area contributed by atoms with Gasteiger partial charge in [0.15, 0.2) is 0 Å². The maximum atomic E-state index is 12.1. The van der Waals surface area contributed by atoms with E-state index in [2.05, 4.69) is 0 Å². The standard InChI is InChI=1S/C6H3Cl2F2NO/c7-2-1-3(12)11-5(8)4(2)6(9)10/h1,6H,(H,11,12). The van der Waals surface area contributed by atoms with E-state index < -0.39 is 22.7 Å². The van der Waals surface area contributed by atoms with Crippen LogP contribution in [0.15, 0.2) is 10.9 Å². The first-order chi connectivity index (χ1) is 5.52. The third-order valence-corrected chi connectivity index (χ3v) is 1.81. The van der Waals surface area contributed by atoms with Crippen LogP contribution in [0, 0.1) is 0 Å². The molecule has 0 saturated heterocycles. The van der Waals surface area contributed by atoms with Gasteiger partial charge in [-0.05, 0) is 0 Å². The number of pyridine rings is 1. The topological polar surface area (TPSA) is 32.9 Å². The Hall–Kier alpha value is -0.610. The van der Waals surface area contributed by atoms with E-state index in [0.29, 0.717) is 0 Å². The highest BCUT2D eigenvalue weighted by Crippen LogP contribution is 2.30. The monoisotopic (exact) mass is 213 g/mol. The highest BCUT2D eigenvalue weighted by Gasteiger charge is 2.16. The Labute approximate surface area is 76.1 Å². The molecule has 6 heteroatoms. The average molecular weight is 214 g/mol. The molecule has 0 amide bonds. The van der Waals surface area contributed by atoms with Crippen LogP contribution < -0.4 is 5.56 Å². The van der Waals surface area contributed by atoms with Gasteiger partial charge in [-0.15, -0.1) is 0 Å². The van der Waals surface area contributed by atoms with Crippen molar-refractivity contribution in [3.05, 3.63) is 32.2 Å². The van der Waals surface area contributed by atoms with Gasteiger partial charge in [-0.3, -0.25) is 4.79 Å². The lowest BCUT2D eigenvalue weighted by atomic mass is 10.3. The molecule has 1 aromatic rings. The van der Waals surface area contributed by atoms with Gasteiger partial charge in [-0.25, -0.2) is 8.78 Å². The molecule has 0 fully saturated rings. The van der Waals surface area contributed by atoms with Crippen molar-refractivity contribution in [3.8, 4) is 0 Å². The second-order valence-corrected chi connectivity index (χ2v) is 2.80. The largest absolute Gasteiger partial charge is 0.312 e. The van der Waals surface area contributed by atoms with Crippen LogP contribution >= 0.6 is 23.2 Å². The van der Waals surface area contributed by atoms with Crippen LogP contribution in [0.2, 0.25) is 10.2 Å². The number of hydrogen-bond donors (Lipinski definition) is 1. The van der Waals surface area contributed by atoms with E-state index in [1.165, 1.54) is 0 Å². The van der Waals surface area contributed by atoms with Crippen LogP contribution in [-0.4, -0.2) is 4.98 Å². The summed E-state index contributed by atoms with van der Waals surface area (Å²) in [5, 5.41) is -0.735. The van der Waals surface area contributed by atoms with Crippen molar-refractivity contribution in [1.29, 1.82) is 0 Å². The maximum absolute atomic E-state index is 12.1. The molecule has 1 rings (SSSR count). The summed E-state index contributed by atoms with van der Waals surface area (Å²) in [6, 6.07) is 0.856. The highest BCUT2D eigenvalue weighted by atomic mass is 35.5. The van der Waals surface area contributed by atoms with E-state index in [-0.39, 0.29) is 5.02 Å². The molecule has 66 valence electrons. The van der Waals surface area contributed by atoms with Crippen molar-refractivity contribution in [2.24, 2.45) is 0 Å². The molecule has 0 unspecified atom stereocenters. The maximum Gasteiger partial charge on any atom is 0.268 e. The second-order valence-electron chi connectivity index (χ2n) is 2.01. The highest BCUT2D eigenvalue weighted by molar-refractivity contribution is 6.35. The normalized spacial score (nSPS) is 10.8. The first-order valence-electron chi connectivity index (χ1n) is 2.88. The molecule has 1 heterocycles. The molecular formula is C6H3Cl2F2NO. The van der Waals surface area contributed by atoms with Crippen molar-refractivity contribution >= 4 is 23.2 Å². The zero-order chi connectivity index (χ0) is 9.30. The average Bonchev–Trinajstić information content (AvgIpc) is 1.82. The quantitative estimate of drug-likeness (QED) is 0.716. The fourth-order valence-corrected chi connectivity index (χ4v) is 1.31. The summed E-state index contributed by atoms with van der Waals surface area (Å²) in [6.07, 6.45) is -2.79. The third-order valence-electron chi connectivity index (χ3n) is 1.20. The number of nitrogens with one attached hydrogen (secondary N) is 1. The molecule has 0 bridgehead atoms. The molecule has 0 saturated carbocycles. The van der Waals surface area contributed by atoms with Crippen molar-refractivity contribution < 1.29 is 8.78 Å². The van der Waals surface area contributed by atoms with Crippen molar-refractivity contribution in [2.75, 3.05) is 0 Å². The molecule has 0 atom stereocenters. The van der Waals surface area contributed by atoms with E-state index in [1.54, 1.807) is 0 Å². The smallest absolute Gasteiger partial charge is 0.268 e. The molecule has 0 radical (unpaired) electrons. The van der Waals surface area contributed by atoms with Crippen LogP contribution in [-0.2, 0) is 0 Å². The Kier molecular flexibility index (Phi) is 2.69. The lowest BCUT2D eigenvalue weighted by Crippen LogP contribution is -2.06. The van der Waals surface area contributed by atoms with E-state index in [1.807, 2.05) is 4.98 Å². The lowest BCUT2D eigenvalue weighted by molar-refractivity contribution is 0.151. The first-order valence-corrected chi connectivity index (χ1v) is 3.64. The number of halogens is 4. The van der Waals surface area contributed by atoms with Gasteiger partial charge in [0.25, 0.3) is 12.0 Å². The van der Waals surface area contributed by atoms with Crippen LogP contribution in [0.1, 0.15) is 12.0 Å².